The Bertz CT molecular complexity index is 589. The minimum absolute atomic E-state index is 0.0557. The van der Waals surface area contributed by atoms with Gasteiger partial charge in [0.1, 0.15) is 0 Å². The number of nitrogens with zero attached hydrogens (tertiary/aromatic N) is 2. The number of aryl methyl sites for hydroxylation is 3. The van der Waals surface area contributed by atoms with E-state index in [9.17, 15) is 0 Å². The summed E-state index contributed by atoms with van der Waals surface area (Å²) in [5.41, 5.74) is 10.8. The van der Waals surface area contributed by atoms with Gasteiger partial charge in [-0.3, -0.25) is 4.68 Å². The molecule has 0 radical (unpaired) electrons. The summed E-state index contributed by atoms with van der Waals surface area (Å²) in [5, 5.41) is 5.33. The van der Waals surface area contributed by atoms with Crippen LogP contribution in [-0.4, -0.2) is 9.78 Å². The van der Waals surface area contributed by atoms with E-state index < -0.39 is 0 Å². The van der Waals surface area contributed by atoms with Gasteiger partial charge in [-0.05, 0) is 43.5 Å². The van der Waals surface area contributed by atoms with E-state index in [2.05, 4.69) is 31.1 Å². The minimum atomic E-state index is -0.0557. The average molecular weight is 292 g/mol. The number of hydrogen-bond donors (Lipinski definition) is 1. The van der Waals surface area contributed by atoms with Gasteiger partial charge >= 0.3 is 0 Å². The molecule has 0 aliphatic carbocycles. The van der Waals surface area contributed by atoms with E-state index >= 15 is 0 Å². The largest absolute Gasteiger partial charge is 0.324 e. The molecule has 0 spiro atoms. The van der Waals surface area contributed by atoms with Gasteiger partial charge in [0.25, 0.3) is 0 Å². The first-order chi connectivity index (χ1) is 9.55. The van der Waals surface area contributed by atoms with Crippen LogP contribution < -0.4 is 5.73 Å². The van der Waals surface area contributed by atoms with Gasteiger partial charge in [-0.1, -0.05) is 30.7 Å². The standard InChI is InChI=1S/C16H22ClN3/c1-4-13-9-14(20(5-2)19-13)10-16(18)12-7-6-11(3)15(17)8-12/h6-9,16H,4-5,10,18H2,1-3H3. The van der Waals surface area contributed by atoms with Gasteiger partial charge in [-0.25, -0.2) is 0 Å². The molecule has 0 aliphatic rings. The van der Waals surface area contributed by atoms with Crippen LogP contribution in [0.4, 0.5) is 0 Å². The summed E-state index contributed by atoms with van der Waals surface area (Å²) >= 11 is 6.17. The molecule has 20 heavy (non-hydrogen) atoms. The quantitative estimate of drug-likeness (QED) is 0.913. The van der Waals surface area contributed by atoms with E-state index in [-0.39, 0.29) is 6.04 Å². The lowest BCUT2D eigenvalue weighted by atomic mass is 10.0. The molecule has 1 atom stereocenters. The summed E-state index contributed by atoms with van der Waals surface area (Å²) in [4.78, 5) is 0. The maximum absolute atomic E-state index is 6.32. The molecule has 0 fully saturated rings. The highest BCUT2D eigenvalue weighted by Crippen LogP contribution is 2.23. The highest BCUT2D eigenvalue weighted by molar-refractivity contribution is 6.31. The van der Waals surface area contributed by atoms with Gasteiger partial charge in [0.2, 0.25) is 0 Å². The van der Waals surface area contributed by atoms with Crippen LogP contribution in [0.3, 0.4) is 0 Å². The van der Waals surface area contributed by atoms with E-state index in [4.69, 9.17) is 17.3 Å². The fraction of sp³-hybridized carbons (Fsp3) is 0.438. The van der Waals surface area contributed by atoms with E-state index in [1.165, 1.54) is 5.69 Å². The van der Waals surface area contributed by atoms with Crippen LogP contribution in [0, 0.1) is 6.92 Å². The van der Waals surface area contributed by atoms with Crippen LogP contribution in [0.15, 0.2) is 24.3 Å². The summed E-state index contributed by atoms with van der Waals surface area (Å²) < 4.78 is 2.04. The zero-order valence-corrected chi connectivity index (χ0v) is 13.1. The molecule has 2 rings (SSSR count). The van der Waals surface area contributed by atoms with Gasteiger partial charge in [-0.15, -0.1) is 0 Å². The lowest BCUT2D eigenvalue weighted by Gasteiger charge is -2.14. The SMILES string of the molecule is CCc1cc(CC(N)c2ccc(C)c(Cl)c2)n(CC)n1. The second kappa shape index (κ2) is 6.42. The molecule has 1 aromatic heterocycles. The fourth-order valence-electron chi connectivity index (χ4n) is 2.31. The first-order valence-electron chi connectivity index (χ1n) is 7.12. The van der Waals surface area contributed by atoms with Crippen molar-refractivity contribution in [2.24, 2.45) is 5.73 Å². The zero-order chi connectivity index (χ0) is 14.7. The van der Waals surface area contributed by atoms with Gasteiger partial charge in [-0.2, -0.15) is 5.10 Å². The molecule has 0 saturated heterocycles. The third-order valence-electron chi connectivity index (χ3n) is 3.63. The molecule has 4 heteroatoms. The fourth-order valence-corrected chi connectivity index (χ4v) is 2.50. The van der Waals surface area contributed by atoms with Crippen LogP contribution >= 0.6 is 11.6 Å². The summed E-state index contributed by atoms with van der Waals surface area (Å²) in [7, 11) is 0. The highest BCUT2D eigenvalue weighted by Gasteiger charge is 2.13. The van der Waals surface area contributed by atoms with Crippen molar-refractivity contribution in [3.05, 3.63) is 51.8 Å². The average Bonchev–Trinajstić information content (AvgIpc) is 2.84. The van der Waals surface area contributed by atoms with Gasteiger partial charge in [0.15, 0.2) is 0 Å². The van der Waals surface area contributed by atoms with Crippen molar-refractivity contribution < 1.29 is 0 Å². The van der Waals surface area contributed by atoms with Crippen molar-refractivity contribution in [3.8, 4) is 0 Å². The molecule has 0 aliphatic heterocycles. The predicted octanol–water partition coefficient (Wildman–Crippen LogP) is 3.67. The number of nitrogens with two attached hydrogens (primary N) is 1. The molecule has 0 saturated carbocycles. The maximum Gasteiger partial charge on any atom is 0.0624 e. The van der Waals surface area contributed by atoms with E-state index in [1.807, 2.05) is 23.7 Å². The van der Waals surface area contributed by atoms with Crippen molar-refractivity contribution in [2.45, 2.75) is 46.2 Å². The third kappa shape index (κ3) is 3.22. The Hall–Kier alpha value is -1.32. The Morgan fingerprint density at radius 3 is 2.65 bits per heavy atom. The normalized spacial score (nSPS) is 12.7. The van der Waals surface area contributed by atoms with Crippen molar-refractivity contribution in [3.63, 3.8) is 0 Å². The molecule has 0 amide bonds. The Balaban J connectivity index is 2.20. The lowest BCUT2D eigenvalue weighted by molar-refractivity contribution is 0.585. The summed E-state index contributed by atoms with van der Waals surface area (Å²) in [6, 6.07) is 8.14. The zero-order valence-electron chi connectivity index (χ0n) is 12.4. The van der Waals surface area contributed by atoms with Crippen molar-refractivity contribution in [1.29, 1.82) is 0 Å². The van der Waals surface area contributed by atoms with Gasteiger partial charge in [0.05, 0.1) is 5.69 Å². The molecule has 108 valence electrons. The minimum Gasteiger partial charge on any atom is -0.324 e. The number of benzene rings is 1. The first kappa shape index (κ1) is 15.1. The number of aromatic nitrogens is 2. The van der Waals surface area contributed by atoms with Gasteiger partial charge in [0, 0.05) is 29.7 Å². The van der Waals surface area contributed by atoms with Crippen LogP contribution in [0.2, 0.25) is 5.02 Å². The van der Waals surface area contributed by atoms with Crippen LogP contribution in [0.1, 0.15) is 42.4 Å². The maximum atomic E-state index is 6.32. The third-order valence-corrected chi connectivity index (χ3v) is 4.04. The molecular formula is C16H22ClN3. The smallest absolute Gasteiger partial charge is 0.0624 e. The summed E-state index contributed by atoms with van der Waals surface area (Å²) in [6.07, 6.45) is 1.73. The van der Waals surface area contributed by atoms with Crippen LogP contribution in [0.5, 0.6) is 0 Å². The molecular weight excluding hydrogens is 270 g/mol. The lowest BCUT2D eigenvalue weighted by Crippen LogP contribution is -2.16. The number of halogens is 1. The Morgan fingerprint density at radius 2 is 2.05 bits per heavy atom. The van der Waals surface area contributed by atoms with E-state index in [0.29, 0.717) is 0 Å². The molecule has 0 bridgehead atoms. The predicted molar refractivity (Wildman–Crippen MR) is 84.1 cm³/mol. The van der Waals surface area contributed by atoms with Crippen molar-refractivity contribution >= 4 is 11.6 Å². The second-order valence-electron chi connectivity index (χ2n) is 5.12. The summed E-state index contributed by atoms with van der Waals surface area (Å²) in [6.45, 7) is 7.09. The molecule has 1 aromatic carbocycles. The van der Waals surface area contributed by atoms with Crippen LogP contribution in [0.25, 0.3) is 0 Å². The Labute approximate surface area is 125 Å². The highest BCUT2D eigenvalue weighted by atomic mass is 35.5. The van der Waals surface area contributed by atoms with E-state index in [1.54, 1.807) is 0 Å². The monoisotopic (exact) mass is 291 g/mol. The second-order valence-corrected chi connectivity index (χ2v) is 5.52. The van der Waals surface area contributed by atoms with Crippen LogP contribution in [-0.2, 0) is 19.4 Å². The van der Waals surface area contributed by atoms with E-state index in [0.717, 1.165) is 41.2 Å². The summed E-state index contributed by atoms with van der Waals surface area (Å²) in [5.74, 6) is 0. The molecule has 1 unspecified atom stereocenters. The topological polar surface area (TPSA) is 43.8 Å². The first-order valence-corrected chi connectivity index (χ1v) is 7.50. The van der Waals surface area contributed by atoms with Gasteiger partial charge < -0.3 is 5.73 Å². The Morgan fingerprint density at radius 1 is 1.30 bits per heavy atom. The van der Waals surface area contributed by atoms with Crippen molar-refractivity contribution in [2.75, 3.05) is 0 Å². The van der Waals surface area contributed by atoms with Crippen molar-refractivity contribution in [1.82, 2.24) is 9.78 Å². The molecule has 2 aromatic rings. The Kier molecular flexibility index (Phi) is 4.84. The molecule has 3 nitrogen and oxygen atoms in total. The number of rotatable bonds is 5. The number of hydrogen-bond acceptors (Lipinski definition) is 2. The molecule has 1 heterocycles. The molecule has 2 N–H and O–H groups in total.